The third-order valence-electron chi connectivity index (χ3n) is 6.52. The Morgan fingerprint density at radius 1 is 1.06 bits per heavy atom. The second-order valence-electron chi connectivity index (χ2n) is 8.62. The third-order valence-corrected chi connectivity index (χ3v) is 6.52. The fourth-order valence-electron chi connectivity index (χ4n) is 4.67. The van der Waals surface area contributed by atoms with E-state index in [4.69, 9.17) is 4.42 Å². The van der Waals surface area contributed by atoms with Crippen molar-refractivity contribution in [3.05, 3.63) is 72.1 Å². The van der Waals surface area contributed by atoms with Crippen molar-refractivity contribution in [2.24, 2.45) is 0 Å². The summed E-state index contributed by atoms with van der Waals surface area (Å²) in [4.78, 5) is 23.2. The third kappa shape index (κ3) is 4.52. The van der Waals surface area contributed by atoms with Crippen LogP contribution in [0.25, 0.3) is 11.3 Å². The summed E-state index contributed by atoms with van der Waals surface area (Å²) in [6.07, 6.45) is 2.99. The van der Waals surface area contributed by atoms with Crippen molar-refractivity contribution in [3.8, 4) is 11.3 Å². The molecule has 0 aromatic carbocycles. The Hall–Kier alpha value is -3.33. The number of hydrogen-bond acceptors (Lipinski definition) is 5. The Kier molecular flexibility index (Phi) is 6.03. The zero-order chi connectivity index (χ0) is 23.7. The van der Waals surface area contributed by atoms with Gasteiger partial charge < -0.3 is 14.2 Å². The molecule has 34 heavy (non-hydrogen) atoms. The number of rotatable bonds is 4. The largest absolute Gasteiger partial charge is 0.464 e. The highest BCUT2D eigenvalue weighted by Crippen LogP contribution is 2.38. The van der Waals surface area contributed by atoms with E-state index in [-0.39, 0.29) is 11.9 Å². The molecule has 0 N–H and O–H groups in total. The molecule has 9 heteroatoms. The first-order valence-electron chi connectivity index (χ1n) is 11.3. The topological polar surface area (TPSA) is 52.8 Å². The van der Waals surface area contributed by atoms with Crippen LogP contribution >= 0.6 is 0 Å². The molecule has 0 saturated carbocycles. The molecule has 1 aromatic heterocycles. The first kappa shape index (κ1) is 22.5. The molecule has 1 saturated heterocycles. The number of pyridine rings is 1. The molecule has 6 nitrogen and oxygen atoms in total. The number of hydrogen-bond donors (Lipinski definition) is 0. The second-order valence-corrected chi connectivity index (χ2v) is 8.62. The number of aromatic nitrogens is 1. The van der Waals surface area contributed by atoms with E-state index < -0.39 is 11.7 Å². The Balaban J connectivity index is 1.20. The van der Waals surface area contributed by atoms with Crippen LogP contribution in [0.1, 0.15) is 23.6 Å². The summed E-state index contributed by atoms with van der Waals surface area (Å²) in [6, 6.07) is 10.3. The normalized spacial score (nSPS) is 19.7. The molecule has 178 valence electrons. The van der Waals surface area contributed by atoms with Crippen LogP contribution in [0, 0.1) is 0 Å². The van der Waals surface area contributed by atoms with Crippen LogP contribution in [0.4, 0.5) is 19.0 Å². The Morgan fingerprint density at radius 2 is 1.88 bits per heavy atom. The van der Waals surface area contributed by atoms with Crippen molar-refractivity contribution < 1.29 is 22.4 Å². The Labute approximate surface area is 195 Å². The first-order chi connectivity index (χ1) is 16.4. The van der Waals surface area contributed by atoms with Crippen LogP contribution < -0.4 is 4.90 Å². The van der Waals surface area contributed by atoms with E-state index in [1.807, 2.05) is 40.1 Å². The highest BCUT2D eigenvalue weighted by atomic mass is 19.4. The molecule has 4 aliphatic rings. The minimum atomic E-state index is -4.39. The van der Waals surface area contributed by atoms with Gasteiger partial charge in [0.1, 0.15) is 11.6 Å². The van der Waals surface area contributed by atoms with Gasteiger partial charge in [-0.3, -0.25) is 9.69 Å². The van der Waals surface area contributed by atoms with Crippen molar-refractivity contribution in [1.82, 2.24) is 14.8 Å². The maximum absolute atomic E-state index is 13.3. The minimum absolute atomic E-state index is 0.0562. The van der Waals surface area contributed by atoms with Gasteiger partial charge in [0.05, 0.1) is 24.4 Å². The highest BCUT2D eigenvalue weighted by molar-refractivity contribution is 5.80. The Morgan fingerprint density at radius 3 is 2.62 bits per heavy atom. The summed E-state index contributed by atoms with van der Waals surface area (Å²) in [5, 5.41) is 0. The number of halogens is 3. The van der Waals surface area contributed by atoms with E-state index in [0.29, 0.717) is 45.1 Å². The van der Waals surface area contributed by atoms with Crippen LogP contribution in [-0.4, -0.2) is 60.0 Å². The van der Waals surface area contributed by atoms with Crippen LogP contribution in [-0.2, 0) is 11.0 Å². The van der Waals surface area contributed by atoms with Gasteiger partial charge >= 0.3 is 6.18 Å². The predicted molar refractivity (Wildman–Crippen MR) is 121 cm³/mol. The van der Waals surface area contributed by atoms with E-state index in [2.05, 4.69) is 16.0 Å². The van der Waals surface area contributed by atoms with Gasteiger partial charge in [0, 0.05) is 50.0 Å². The van der Waals surface area contributed by atoms with Crippen LogP contribution in [0.3, 0.4) is 0 Å². The lowest BCUT2D eigenvalue weighted by atomic mass is 9.99. The van der Waals surface area contributed by atoms with Gasteiger partial charge in [-0.25, -0.2) is 4.98 Å². The molecule has 0 radical (unpaired) electrons. The van der Waals surface area contributed by atoms with E-state index >= 15 is 0 Å². The van der Waals surface area contributed by atoms with Gasteiger partial charge in [0.2, 0.25) is 5.91 Å². The van der Waals surface area contributed by atoms with Gasteiger partial charge in [-0.15, -0.1) is 0 Å². The van der Waals surface area contributed by atoms with Gasteiger partial charge in [-0.1, -0.05) is 24.3 Å². The van der Waals surface area contributed by atoms with Crippen molar-refractivity contribution in [2.45, 2.75) is 18.6 Å². The van der Waals surface area contributed by atoms with Crippen LogP contribution in [0.2, 0.25) is 0 Å². The van der Waals surface area contributed by atoms with Crippen molar-refractivity contribution in [1.29, 1.82) is 0 Å². The van der Waals surface area contributed by atoms with Crippen molar-refractivity contribution in [2.75, 3.05) is 44.2 Å². The van der Waals surface area contributed by atoms with Gasteiger partial charge in [-0.05, 0) is 30.7 Å². The van der Waals surface area contributed by atoms with Crippen LogP contribution in [0.5, 0.6) is 0 Å². The summed E-state index contributed by atoms with van der Waals surface area (Å²) in [6.45, 7) is 3.32. The molecule has 4 heterocycles. The zero-order valence-corrected chi connectivity index (χ0v) is 18.5. The number of carbonyl (C=O) groups excluding carboxylic acids is 1. The number of fused-ring (bicyclic) bond motifs is 1. The zero-order valence-electron chi connectivity index (χ0n) is 18.5. The summed E-state index contributed by atoms with van der Waals surface area (Å²) in [5.74, 6) is 1.39. The summed E-state index contributed by atoms with van der Waals surface area (Å²) >= 11 is 0. The number of piperazine rings is 1. The molecule has 1 fully saturated rings. The molecule has 1 amide bonds. The molecule has 0 bridgehead atoms. The standard InChI is InChI=1S/C25H25F3N4O2/c26-25(27,28)19-7-9-22(29-16-19)31-13-11-30(12-14-31)17-23(33)32-10-2-1-5-21(32)20-8-6-18-4-3-15-34-24(18)20/h1-4,6-9,15-16,21H,5,10-14,17H2. The van der Waals surface area contributed by atoms with Gasteiger partial charge in [0.25, 0.3) is 0 Å². The number of nitrogens with zero attached hydrogens (tertiary/aromatic N) is 4. The lowest BCUT2D eigenvalue weighted by Crippen LogP contribution is -2.51. The molecule has 1 aromatic rings. The highest BCUT2D eigenvalue weighted by Gasteiger charge is 2.32. The monoisotopic (exact) mass is 470 g/mol. The fraction of sp³-hybridized carbons (Fsp3) is 0.360. The number of amides is 1. The summed E-state index contributed by atoms with van der Waals surface area (Å²) < 4.78 is 44.1. The molecule has 3 aliphatic heterocycles. The lowest BCUT2D eigenvalue weighted by Gasteiger charge is -2.38. The lowest BCUT2D eigenvalue weighted by molar-refractivity contribution is -0.138. The van der Waals surface area contributed by atoms with E-state index in [1.54, 1.807) is 6.26 Å². The second kappa shape index (κ2) is 9.13. The maximum atomic E-state index is 13.3. The van der Waals surface area contributed by atoms with E-state index in [1.165, 1.54) is 6.07 Å². The summed E-state index contributed by atoms with van der Waals surface area (Å²) in [5.41, 5.74) is 1.29. The summed E-state index contributed by atoms with van der Waals surface area (Å²) in [7, 11) is 0. The fourth-order valence-corrected chi connectivity index (χ4v) is 4.67. The maximum Gasteiger partial charge on any atom is 0.417 e. The van der Waals surface area contributed by atoms with Crippen LogP contribution in [0.15, 0.2) is 65.4 Å². The number of alkyl halides is 3. The number of carbonyl (C=O) groups is 1. The molecule has 1 unspecified atom stereocenters. The number of anilines is 1. The molecule has 5 rings (SSSR count). The SMILES string of the molecule is O=C(CN1CCN(c2ccc(C(F)(F)F)cn2)CC1)N1CC=CCC1c1ccc2cccoc1-2. The predicted octanol–water partition coefficient (Wildman–Crippen LogP) is 4.45. The molecular formula is C25H25F3N4O2. The van der Waals surface area contributed by atoms with E-state index in [0.717, 1.165) is 35.6 Å². The average Bonchev–Trinajstić information content (AvgIpc) is 3.28. The van der Waals surface area contributed by atoms with Gasteiger partial charge in [0.15, 0.2) is 0 Å². The quantitative estimate of drug-likeness (QED) is 0.528. The van der Waals surface area contributed by atoms with Crippen molar-refractivity contribution >= 4 is 11.7 Å². The molecule has 1 atom stereocenters. The van der Waals surface area contributed by atoms with Crippen molar-refractivity contribution in [3.63, 3.8) is 0 Å². The molecular weight excluding hydrogens is 445 g/mol. The van der Waals surface area contributed by atoms with E-state index in [9.17, 15) is 18.0 Å². The minimum Gasteiger partial charge on any atom is -0.464 e. The average molecular weight is 470 g/mol. The van der Waals surface area contributed by atoms with Gasteiger partial charge in [-0.2, -0.15) is 13.2 Å². The molecule has 0 spiro atoms. The smallest absolute Gasteiger partial charge is 0.417 e. The molecule has 1 aliphatic carbocycles. The first-order valence-corrected chi connectivity index (χ1v) is 11.3. The Bertz CT molecular complexity index is 1130.